The van der Waals surface area contributed by atoms with Crippen molar-refractivity contribution in [3.63, 3.8) is 0 Å². The Morgan fingerprint density at radius 2 is 1.28 bits per heavy atom. The number of nitrogens with one attached hydrogen (secondary N) is 3. The molecule has 14 nitrogen and oxygen atoms in total. The molecule has 0 spiro atoms. The van der Waals surface area contributed by atoms with Crippen molar-refractivity contribution in [2.45, 2.75) is 75.2 Å². The van der Waals surface area contributed by atoms with E-state index in [1.54, 1.807) is 12.1 Å². The van der Waals surface area contributed by atoms with Gasteiger partial charge in [0, 0.05) is 25.9 Å². The second kappa shape index (κ2) is 18.4. The Balaban J connectivity index is 1.53. The lowest BCUT2D eigenvalue weighted by atomic mass is 10.0. The second-order valence-corrected chi connectivity index (χ2v) is 13.5. The monoisotopic (exact) mass is 710 g/mol. The van der Waals surface area contributed by atoms with E-state index in [1.165, 1.54) is 33.7 Å². The molecule has 2 aliphatic rings. The maximum atomic E-state index is 14.2. The van der Waals surface area contributed by atoms with Gasteiger partial charge in [0.2, 0.25) is 29.5 Å². The van der Waals surface area contributed by atoms with Crippen molar-refractivity contribution in [1.29, 1.82) is 0 Å². The SMILES string of the molecule is CSCC[C@H](NC(=O)[C@@H]1CCCN1C(=O)[C@H](Cc1ccccc1)NC(=O)[C@@H]1CCCN1C(=O)[C@H](Cc1ccc(O)cc1)NC(=O)CN)C(=O)O. The van der Waals surface area contributed by atoms with Crippen LogP contribution in [-0.2, 0) is 41.6 Å². The van der Waals surface area contributed by atoms with Crippen LogP contribution in [0.4, 0.5) is 0 Å². The fourth-order valence-corrected chi connectivity index (χ4v) is 6.88. The molecule has 0 bridgehead atoms. The molecule has 2 heterocycles. The van der Waals surface area contributed by atoms with Crippen LogP contribution in [0.3, 0.4) is 0 Å². The summed E-state index contributed by atoms with van der Waals surface area (Å²) in [6.07, 6.45) is 4.03. The number of phenolic OH excluding ortho intramolecular Hbond substituents is 1. The number of amides is 5. The Bertz CT molecular complexity index is 1510. The smallest absolute Gasteiger partial charge is 0.326 e. The quantitative estimate of drug-likeness (QED) is 0.141. The van der Waals surface area contributed by atoms with Crippen molar-refractivity contribution in [3.05, 3.63) is 65.7 Å². The van der Waals surface area contributed by atoms with E-state index in [4.69, 9.17) is 5.73 Å². The second-order valence-electron chi connectivity index (χ2n) is 12.5. The minimum atomic E-state index is -1.15. The number of thioether (sulfide) groups is 1. The molecule has 2 saturated heterocycles. The first-order chi connectivity index (χ1) is 24.0. The highest BCUT2D eigenvalue weighted by Crippen LogP contribution is 2.23. The van der Waals surface area contributed by atoms with Gasteiger partial charge in [0.05, 0.1) is 6.54 Å². The van der Waals surface area contributed by atoms with Crippen LogP contribution in [0.1, 0.15) is 43.2 Å². The summed E-state index contributed by atoms with van der Waals surface area (Å²) in [5, 5.41) is 27.4. The maximum Gasteiger partial charge on any atom is 0.326 e. The fourth-order valence-electron chi connectivity index (χ4n) is 6.41. The average molecular weight is 711 g/mol. The molecule has 2 fully saturated rings. The predicted octanol–water partition coefficient (Wildman–Crippen LogP) is 0.410. The number of nitrogens with two attached hydrogens (primary N) is 1. The van der Waals surface area contributed by atoms with Crippen LogP contribution in [0.2, 0.25) is 0 Å². The van der Waals surface area contributed by atoms with Gasteiger partial charge in [-0.3, -0.25) is 24.0 Å². The number of aliphatic carboxylic acids is 1. The van der Waals surface area contributed by atoms with Gasteiger partial charge in [-0.1, -0.05) is 42.5 Å². The Labute approximate surface area is 295 Å². The zero-order valence-electron chi connectivity index (χ0n) is 28.1. The van der Waals surface area contributed by atoms with Crippen LogP contribution in [0.15, 0.2) is 54.6 Å². The molecule has 50 heavy (non-hydrogen) atoms. The van der Waals surface area contributed by atoms with Gasteiger partial charge in [-0.15, -0.1) is 0 Å². The van der Waals surface area contributed by atoms with E-state index in [2.05, 4.69) is 16.0 Å². The number of phenols is 1. The summed E-state index contributed by atoms with van der Waals surface area (Å²) in [5.74, 6) is -3.16. The molecule has 15 heteroatoms. The van der Waals surface area contributed by atoms with Gasteiger partial charge in [0.15, 0.2) is 0 Å². The summed E-state index contributed by atoms with van der Waals surface area (Å²) in [4.78, 5) is 82.3. The molecule has 7 N–H and O–H groups in total. The van der Waals surface area contributed by atoms with Gasteiger partial charge in [-0.05, 0) is 67.4 Å². The summed E-state index contributed by atoms with van der Waals surface area (Å²) >= 11 is 1.46. The number of aromatic hydroxyl groups is 1. The lowest BCUT2D eigenvalue weighted by Gasteiger charge is -2.32. The zero-order chi connectivity index (χ0) is 36.2. The summed E-state index contributed by atoms with van der Waals surface area (Å²) in [6, 6.07) is 10.3. The van der Waals surface area contributed by atoms with Gasteiger partial charge in [-0.25, -0.2) is 4.79 Å². The van der Waals surface area contributed by atoms with E-state index in [1.807, 2.05) is 36.6 Å². The highest BCUT2D eigenvalue weighted by Gasteiger charge is 2.42. The summed E-state index contributed by atoms with van der Waals surface area (Å²) < 4.78 is 0. The van der Waals surface area contributed by atoms with Crippen molar-refractivity contribution >= 4 is 47.3 Å². The Morgan fingerprint density at radius 3 is 1.78 bits per heavy atom. The van der Waals surface area contributed by atoms with Crippen LogP contribution in [0.5, 0.6) is 5.75 Å². The molecule has 4 rings (SSSR count). The number of carbonyl (C=O) groups excluding carboxylic acids is 5. The van der Waals surface area contributed by atoms with E-state index in [0.29, 0.717) is 37.0 Å². The molecule has 0 radical (unpaired) electrons. The number of likely N-dealkylation sites (tertiary alicyclic amines) is 2. The average Bonchev–Trinajstić information content (AvgIpc) is 3.81. The minimum absolute atomic E-state index is 0.0509. The molecule has 2 aromatic carbocycles. The first-order valence-electron chi connectivity index (χ1n) is 16.8. The number of rotatable bonds is 16. The first kappa shape index (κ1) is 38.2. The van der Waals surface area contributed by atoms with Crippen molar-refractivity contribution in [3.8, 4) is 5.75 Å². The van der Waals surface area contributed by atoms with Crippen molar-refractivity contribution in [2.24, 2.45) is 5.73 Å². The van der Waals surface area contributed by atoms with E-state index in [9.17, 15) is 39.0 Å². The number of carboxylic acids is 1. The molecular weight excluding hydrogens is 664 g/mol. The van der Waals surface area contributed by atoms with Gasteiger partial charge in [0.1, 0.15) is 36.0 Å². The van der Waals surface area contributed by atoms with Gasteiger partial charge in [-0.2, -0.15) is 11.8 Å². The van der Waals surface area contributed by atoms with Crippen LogP contribution in [-0.4, -0.2) is 117 Å². The number of carboxylic acid groups (broad SMARTS) is 1. The molecule has 270 valence electrons. The van der Waals surface area contributed by atoms with Crippen molar-refractivity contribution in [1.82, 2.24) is 25.8 Å². The normalized spacial score (nSPS) is 18.9. The van der Waals surface area contributed by atoms with Gasteiger partial charge in [0.25, 0.3) is 0 Å². The van der Waals surface area contributed by atoms with Crippen LogP contribution < -0.4 is 21.7 Å². The molecule has 2 aliphatic heterocycles. The van der Waals surface area contributed by atoms with Crippen molar-refractivity contribution in [2.75, 3.05) is 31.6 Å². The van der Waals surface area contributed by atoms with Crippen LogP contribution >= 0.6 is 11.8 Å². The number of benzene rings is 2. The third-order valence-corrected chi connectivity index (χ3v) is 9.64. The lowest BCUT2D eigenvalue weighted by molar-refractivity contribution is -0.145. The number of hydrogen-bond donors (Lipinski definition) is 6. The van der Waals surface area contributed by atoms with E-state index in [0.717, 1.165) is 5.56 Å². The van der Waals surface area contributed by atoms with E-state index in [-0.39, 0.29) is 44.6 Å². The summed E-state index contributed by atoms with van der Waals surface area (Å²) in [7, 11) is 0. The summed E-state index contributed by atoms with van der Waals surface area (Å²) in [6.45, 7) is 0.180. The molecule has 0 unspecified atom stereocenters. The molecule has 0 aromatic heterocycles. The number of hydrogen-bond acceptors (Lipinski definition) is 9. The molecule has 0 saturated carbocycles. The van der Waals surface area contributed by atoms with Gasteiger partial charge >= 0.3 is 5.97 Å². The van der Waals surface area contributed by atoms with Gasteiger partial charge < -0.3 is 41.7 Å². The molecule has 0 aliphatic carbocycles. The largest absolute Gasteiger partial charge is 0.508 e. The van der Waals surface area contributed by atoms with Crippen LogP contribution in [0.25, 0.3) is 0 Å². The minimum Gasteiger partial charge on any atom is -0.508 e. The molecule has 2 aromatic rings. The zero-order valence-corrected chi connectivity index (χ0v) is 28.9. The van der Waals surface area contributed by atoms with Crippen LogP contribution in [0, 0.1) is 0 Å². The third-order valence-electron chi connectivity index (χ3n) is 8.99. The van der Waals surface area contributed by atoms with Crippen molar-refractivity contribution < 1.29 is 39.0 Å². The highest BCUT2D eigenvalue weighted by molar-refractivity contribution is 7.98. The van der Waals surface area contributed by atoms with E-state index < -0.39 is 65.7 Å². The third kappa shape index (κ3) is 10.2. The fraction of sp³-hybridized carbons (Fsp3) is 0.486. The molecular formula is C35H46N6O8S. The number of carbonyl (C=O) groups is 6. The maximum absolute atomic E-state index is 14.2. The molecule has 5 amide bonds. The first-order valence-corrected chi connectivity index (χ1v) is 18.2. The standard InChI is InChI=1S/C35H46N6O8S/c1-50-18-15-25(35(48)49)38-31(44)28-9-5-17-41(28)34(47)27(19-22-7-3-2-4-8-22)39-32(45)29-10-6-16-40(29)33(46)26(37-30(43)21-36)20-23-11-13-24(42)14-12-23/h2-4,7-8,11-14,25-29,42H,5-6,9-10,15-21,36H2,1H3,(H,37,43)(H,38,44)(H,39,45)(H,48,49)/t25-,26-,27-,28-,29-/m0/s1. The van der Waals surface area contributed by atoms with E-state index >= 15 is 0 Å². The Morgan fingerprint density at radius 1 is 0.780 bits per heavy atom. The number of nitrogens with zero attached hydrogens (tertiary/aromatic N) is 2. The Hall–Kier alpha value is -4.63. The Kier molecular flexibility index (Phi) is 14.0. The lowest BCUT2D eigenvalue weighted by Crippen LogP contribution is -2.59. The highest BCUT2D eigenvalue weighted by atomic mass is 32.2. The predicted molar refractivity (Wildman–Crippen MR) is 187 cm³/mol. The summed E-state index contributed by atoms with van der Waals surface area (Å²) in [5.41, 5.74) is 6.97. The molecule has 5 atom stereocenters. The topological polar surface area (TPSA) is 211 Å².